The van der Waals surface area contributed by atoms with E-state index in [-0.39, 0.29) is 40.8 Å². The number of halogens is 1. The number of aromatic hydroxyl groups is 2. The van der Waals surface area contributed by atoms with Gasteiger partial charge in [0.1, 0.15) is 34.0 Å². The van der Waals surface area contributed by atoms with E-state index in [0.29, 0.717) is 29.1 Å². The Morgan fingerprint density at radius 3 is 2.51 bits per heavy atom. The number of rotatable bonds is 5. The number of fused-ring (bicyclic) bond motifs is 1. The van der Waals surface area contributed by atoms with Crippen LogP contribution in [-0.2, 0) is 0 Å². The fraction of sp³-hybridized carbons (Fsp3) is 0.222. The Bertz CT molecular complexity index is 1450. The van der Waals surface area contributed by atoms with Crippen LogP contribution in [0.5, 0.6) is 17.2 Å². The van der Waals surface area contributed by atoms with Crippen LogP contribution in [-0.4, -0.2) is 41.6 Å². The van der Waals surface area contributed by atoms with Crippen LogP contribution >= 0.6 is 11.6 Å². The number of ether oxygens (including phenoxy) is 1. The summed E-state index contributed by atoms with van der Waals surface area (Å²) in [6, 6.07) is 16.5. The monoisotopic (exact) mass is 493 g/mol. The Morgan fingerprint density at radius 2 is 1.83 bits per heavy atom. The second-order valence-corrected chi connectivity index (χ2v) is 8.93. The fourth-order valence-corrected chi connectivity index (χ4v) is 5.21. The first-order valence-corrected chi connectivity index (χ1v) is 11.6. The molecule has 1 aliphatic rings. The number of hydrogen-bond acceptors (Lipinski definition) is 7. The summed E-state index contributed by atoms with van der Waals surface area (Å²) in [7, 11) is 1.60. The van der Waals surface area contributed by atoms with Crippen molar-refractivity contribution in [2.24, 2.45) is 0 Å². The van der Waals surface area contributed by atoms with Gasteiger partial charge in [-0.2, -0.15) is 0 Å². The Balaban J connectivity index is 1.66. The van der Waals surface area contributed by atoms with Gasteiger partial charge in [0.05, 0.1) is 24.8 Å². The molecule has 1 saturated heterocycles. The van der Waals surface area contributed by atoms with Crippen molar-refractivity contribution >= 4 is 28.3 Å². The van der Waals surface area contributed by atoms with E-state index in [4.69, 9.17) is 20.8 Å². The van der Waals surface area contributed by atoms with Crippen LogP contribution in [0.4, 0.5) is 5.69 Å². The van der Waals surface area contributed by atoms with Crippen LogP contribution in [0.15, 0.2) is 69.9 Å². The molecule has 0 saturated carbocycles. The number of anilines is 1. The van der Waals surface area contributed by atoms with E-state index in [2.05, 4.69) is 4.90 Å². The summed E-state index contributed by atoms with van der Waals surface area (Å²) >= 11 is 6.34. The third-order valence-electron chi connectivity index (χ3n) is 6.64. The quantitative estimate of drug-likeness (QED) is 0.363. The molecule has 1 aromatic heterocycles. The highest BCUT2D eigenvalue weighted by atomic mass is 35.5. The highest BCUT2D eigenvalue weighted by Crippen LogP contribution is 2.46. The predicted octanol–water partition coefficient (Wildman–Crippen LogP) is 4.89. The molecule has 0 bridgehead atoms. The van der Waals surface area contributed by atoms with Crippen LogP contribution in [0, 0.1) is 0 Å². The number of phenols is 2. The third-order valence-corrected chi connectivity index (χ3v) is 6.97. The van der Waals surface area contributed by atoms with Gasteiger partial charge in [-0.1, -0.05) is 23.7 Å². The maximum Gasteiger partial charge on any atom is 0.197 e. The minimum Gasteiger partial charge on any atom is -0.507 e. The third kappa shape index (κ3) is 3.96. The normalized spacial score (nSPS) is 17.7. The summed E-state index contributed by atoms with van der Waals surface area (Å²) in [6.45, 7) is 0.422. The van der Waals surface area contributed by atoms with Crippen molar-refractivity contribution in [3.05, 3.63) is 81.5 Å². The highest BCUT2D eigenvalue weighted by molar-refractivity contribution is 6.33. The zero-order chi connectivity index (χ0) is 24.7. The second kappa shape index (κ2) is 9.17. The SMILES string of the molecule is COc1ccc(N2CCC(c3c(O)cc(O)c4c(=O)cc(-c5ccccc5Cl)oc34)C2CO)cc1. The molecule has 0 spiro atoms. The summed E-state index contributed by atoms with van der Waals surface area (Å²) in [4.78, 5) is 15.1. The number of methoxy groups -OCH3 is 1. The second-order valence-electron chi connectivity index (χ2n) is 8.52. The molecule has 8 heteroatoms. The average molecular weight is 494 g/mol. The molecule has 2 heterocycles. The summed E-state index contributed by atoms with van der Waals surface area (Å²) in [6.07, 6.45) is 0.588. The molecule has 5 rings (SSSR count). The predicted molar refractivity (Wildman–Crippen MR) is 135 cm³/mol. The van der Waals surface area contributed by atoms with Gasteiger partial charge < -0.3 is 29.4 Å². The lowest BCUT2D eigenvalue weighted by Gasteiger charge is -2.29. The van der Waals surface area contributed by atoms with Gasteiger partial charge in [-0.15, -0.1) is 0 Å². The molecule has 4 aromatic rings. The molecule has 2 atom stereocenters. The number of aliphatic hydroxyl groups excluding tert-OH is 1. The number of phenolic OH excluding ortho intramolecular Hbond substituents is 2. The zero-order valence-corrected chi connectivity index (χ0v) is 19.7. The van der Waals surface area contributed by atoms with E-state index in [1.54, 1.807) is 31.4 Å². The molecular weight excluding hydrogens is 470 g/mol. The van der Waals surface area contributed by atoms with E-state index in [1.807, 2.05) is 24.3 Å². The molecule has 2 unspecified atom stereocenters. The van der Waals surface area contributed by atoms with Gasteiger partial charge in [0.15, 0.2) is 5.43 Å². The van der Waals surface area contributed by atoms with Crippen LogP contribution in [0.1, 0.15) is 17.9 Å². The minimum atomic E-state index is -0.453. The standard InChI is InChI=1S/C27H24ClNO6/c1-34-16-8-6-15(7-9-16)29-11-10-18(20(29)14-30)25-21(31)12-22(32)26-23(33)13-24(35-27(25)26)17-4-2-3-5-19(17)28/h2-9,12-13,18,20,30-32H,10-11,14H2,1H3. The van der Waals surface area contributed by atoms with Crippen molar-refractivity contribution in [2.45, 2.75) is 18.4 Å². The van der Waals surface area contributed by atoms with Gasteiger partial charge in [-0.25, -0.2) is 0 Å². The first-order valence-electron chi connectivity index (χ1n) is 11.2. The smallest absolute Gasteiger partial charge is 0.197 e. The molecule has 7 nitrogen and oxygen atoms in total. The van der Waals surface area contributed by atoms with Crippen molar-refractivity contribution in [2.75, 3.05) is 25.2 Å². The molecule has 0 aliphatic carbocycles. The Morgan fingerprint density at radius 1 is 1.09 bits per heavy atom. The number of benzene rings is 3. The first-order chi connectivity index (χ1) is 16.9. The summed E-state index contributed by atoms with van der Waals surface area (Å²) < 4.78 is 11.4. The van der Waals surface area contributed by atoms with E-state index in [1.165, 1.54) is 6.07 Å². The molecule has 0 amide bonds. The lowest BCUT2D eigenvalue weighted by atomic mass is 9.89. The molecule has 180 valence electrons. The Kier molecular flexibility index (Phi) is 6.05. The zero-order valence-electron chi connectivity index (χ0n) is 18.9. The van der Waals surface area contributed by atoms with Crippen molar-refractivity contribution in [1.29, 1.82) is 0 Å². The molecule has 3 aromatic carbocycles. The lowest BCUT2D eigenvalue weighted by Crippen LogP contribution is -2.35. The molecular formula is C27H24ClNO6. The molecule has 1 aliphatic heterocycles. The van der Waals surface area contributed by atoms with Crippen LogP contribution in [0.25, 0.3) is 22.3 Å². The van der Waals surface area contributed by atoms with E-state index in [9.17, 15) is 20.1 Å². The van der Waals surface area contributed by atoms with Gasteiger partial charge in [0, 0.05) is 41.4 Å². The number of nitrogens with zero attached hydrogens (tertiary/aromatic N) is 1. The summed E-state index contributed by atoms with van der Waals surface area (Å²) in [5, 5.41) is 32.2. The average Bonchev–Trinajstić information content (AvgIpc) is 3.27. The van der Waals surface area contributed by atoms with Gasteiger partial charge >= 0.3 is 0 Å². The maximum atomic E-state index is 13.1. The summed E-state index contributed by atoms with van der Waals surface area (Å²) in [5.74, 6) is 0.0154. The van der Waals surface area contributed by atoms with Gasteiger partial charge in [-0.3, -0.25) is 4.79 Å². The van der Waals surface area contributed by atoms with Crippen LogP contribution < -0.4 is 15.1 Å². The number of aliphatic hydroxyl groups is 1. The van der Waals surface area contributed by atoms with E-state index in [0.717, 1.165) is 17.5 Å². The fourth-order valence-electron chi connectivity index (χ4n) is 4.98. The molecule has 1 fully saturated rings. The van der Waals surface area contributed by atoms with E-state index < -0.39 is 11.5 Å². The Hall–Kier alpha value is -3.68. The van der Waals surface area contributed by atoms with Gasteiger partial charge in [0.25, 0.3) is 0 Å². The van der Waals surface area contributed by atoms with Crippen molar-refractivity contribution in [3.8, 4) is 28.6 Å². The van der Waals surface area contributed by atoms with E-state index >= 15 is 0 Å². The summed E-state index contributed by atoms with van der Waals surface area (Å²) in [5.41, 5.74) is 1.43. The molecule has 0 radical (unpaired) electrons. The van der Waals surface area contributed by atoms with Crippen molar-refractivity contribution in [1.82, 2.24) is 0 Å². The van der Waals surface area contributed by atoms with Crippen LogP contribution in [0.2, 0.25) is 5.02 Å². The van der Waals surface area contributed by atoms with Gasteiger partial charge in [-0.05, 0) is 42.8 Å². The van der Waals surface area contributed by atoms with Gasteiger partial charge in [0.2, 0.25) is 0 Å². The topological polar surface area (TPSA) is 103 Å². The van der Waals surface area contributed by atoms with Crippen molar-refractivity contribution < 1.29 is 24.5 Å². The maximum absolute atomic E-state index is 13.1. The molecule has 3 N–H and O–H groups in total. The Labute approximate surface area is 206 Å². The first kappa shape index (κ1) is 23.1. The van der Waals surface area contributed by atoms with Crippen LogP contribution in [0.3, 0.4) is 0 Å². The number of hydrogen-bond donors (Lipinski definition) is 3. The highest BCUT2D eigenvalue weighted by Gasteiger charge is 2.38. The largest absolute Gasteiger partial charge is 0.507 e. The van der Waals surface area contributed by atoms with Crippen molar-refractivity contribution in [3.63, 3.8) is 0 Å². The minimum absolute atomic E-state index is 0.0202. The lowest BCUT2D eigenvalue weighted by molar-refractivity contribution is 0.256. The molecule has 35 heavy (non-hydrogen) atoms.